The maximum Gasteiger partial charge on any atom is 0.357 e. The molecule has 1 rings (SSSR count). The third-order valence-corrected chi connectivity index (χ3v) is 13.1. The Balaban J connectivity index is 2.84. The van der Waals surface area contributed by atoms with Crippen LogP contribution < -0.4 is 0 Å². The maximum absolute atomic E-state index is 11.5. The highest BCUT2D eigenvalue weighted by Gasteiger charge is 2.39. The lowest BCUT2D eigenvalue weighted by Gasteiger charge is -2.40. The summed E-state index contributed by atoms with van der Waals surface area (Å²) in [6, 6.07) is 0. The molecule has 1 aromatic heterocycles. The normalized spacial score (nSPS) is 14.2. The number of allylic oxidation sites excluding steroid dienone is 2. The van der Waals surface area contributed by atoms with Crippen molar-refractivity contribution in [2.75, 3.05) is 14.2 Å². The quantitative estimate of drug-likeness (QED) is 0.278. The van der Waals surface area contributed by atoms with Gasteiger partial charge in [-0.2, -0.15) is 0 Å². The molecule has 0 bridgehead atoms. The smallest absolute Gasteiger partial charge is 0.357 e. The van der Waals surface area contributed by atoms with Crippen molar-refractivity contribution < 1.29 is 14.3 Å². The number of carbonyl (C=O) groups is 1. The van der Waals surface area contributed by atoms with Gasteiger partial charge < -0.3 is 9.47 Å². The summed E-state index contributed by atoms with van der Waals surface area (Å²) < 4.78 is 10.3. The van der Waals surface area contributed by atoms with E-state index in [2.05, 4.69) is 70.5 Å². The molecule has 1 atom stereocenters. The Bertz CT molecular complexity index is 628. The van der Waals surface area contributed by atoms with Crippen molar-refractivity contribution in [2.24, 2.45) is 0 Å². The summed E-state index contributed by atoms with van der Waals surface area (Å²) in [5.41, 5.74) is 4.96. The lowest BCUT2D eigenvalue weighted by atomic mass is 10.2. The summed E-state index contributed by atoms with van der Waals surface area (Å²) >= 11 is 1.46. The Morgan fingerprint density at radius 1 is 1.11 bits per heavy atom. The first kappa shape index (κ1) is 23.8. The highest BCUT2D eigenvalue weighted by atomic mass is 32.1. The number of rotatable bonds is 10. The Kier molecular flexibility index (Phi) is 9.63. The van der Waals surface area contributed by atoms with Crippen LogP contribution in [-0.4, -0.2) is 39.4 Å². The van der Waals surface area contributed by atoms with Crippen LogP contribution in [0.5, 0.6) is 0 Å². The number of methoxy groups -OCH3 is 2. The highest BCUT2D eigenvalue weighted by molar-refractivity contribution is 7.09. The number of thiazole rings is 1. The molecule has 0 fully saturated rings. The summed E-state index contributed by atoms with van der Waals surface area (Å²) in [6.07, 6.45) is 6.94. The van der Waals surface area contributed by atoms with Gasteiger partial charge in [-0.3, -0.25) is 0 Å². The molecule has 0 amide bonds. The number of esters is 1. The van der Waals surface area contributed by atoms with Crippen LogP contribution >= 0.6 is 11.3 Å². The second kappa shape index (κ2) is 10.9. The van der Waals surface area contributed by atoms with Gasteiger partial charge in [0.1, 0.15) is 0 Å². The van der Waals surface area contributed by atoms with E-state index in [9.17, 15) is 4.79 Å². The van der Waals surface area contributed by atoms with Crippen molar-refractivity contribution in [1.29, 1.82) is 0 Å². The fourth-order valence-electron chi connectivity index (χ4n) is 3.99. The average Bonchev–Trinajstić information content (AvgIpc) is 3.07. The van der Waals surface area contributed by atoms with Crippen molar-refractivity contribution in [3.63, 3.8) is 0 Å². The standard InChI is InChI=1S/C21H35NO3SSi/c1-15(2)27(16(3)4,17(5)6)12-10-9-11-18(24-7)13-20-22-19(14-26-20)21(23)25-8/h9-12,14-18H,13H2,1-8H3/b11-9+,12-10-/t18-/m0/s1. The van der Waals surface area contributed by atoms with Crippen LogP contribution in [0, 0.1) is 0 Å². The summed E-state index contributed by atoms with van der Waals surface area (Å²) in [6.45, 7) is 14.2. The minimum absolute atomic E-state index is 0.0699. The zero-order valence-corrected chi connectivity index (χ0v) is 19.8. The SMILES string of the molecule is COC(=O)c1csc(C[C@H](/C=C/C=C\[Si](C(C)C)(C(C)C)C(C)C)OC)n1. The Morgan fingerprint density at radius 3 is 2.19 bits per heavy atom. The van der Waals surface area contributed by atoms with Crippen LogP contribution in [0.4, 0.5) is 0 Å². The van der Waals surface area contributed by atoms with Gasteiger partial charge in [0.15, 0.2) is 5.69 Å². The molecule has 0 aliphatic carbocycles. The molecule has 152 valence electrons. The largest absolute Gasteiger partial charge is 0.464 e. The summed E-state index contributed by atoms with van der Waals surface area (Å²) in [5, 5.41) is 2.59. The molecule has 4 nitrogen and oxygen atoms in total. The van der Waals surface area contributed by atoms with E-state index in [1.165, 1.54) is 18.4 Å². The number of nitrogens with zero attached hydrogens (tertiary/aromatic N) is 1. The van der Waals surface area contributed by atoms with Gasteiger partial charge in [0, 0.05) is 18.9 Å². The van der Waals surface area contributed by atoms with Crippen molar-refractivity contribution >= 4 is 25.4 Å². The number of aromatic nitrogens is 1. The molecule has 6 heteroatoms. The second-order valence-electron chi connectivity index (χ2n) is 7.80. The lowest BCUT2D eigenvalue weighted by molar-refractivity contribution is 0.0594. The van der Waals surface area contributed by atoms with Gasteiger partial charge in [-0.05, 0) is 16.6 Å². The first-order chi connectivity index (χ1) is 12.7. The van der Waals surface area contributed by atoms with E-state index in [-0.39, 0.29) is 6.10 Å². The minimum Gasteiger partial charge on any atom is -0.464 e. The molecule has 27 heavy (non-hydrogen) atoms. The number of hydrogen-bond donors (Lipinski definition) is 0. The van der Waals surface area contributed by atoms with E-state index in [1.807, 2.05) is 0 Å². The lowest BCUT2D eigenvalue weighted by Crippen LogP contribution is -2.42. The van der Waals surface area contributed by atoms with Crippen LogP contribution in [0.25, 0.3) is 0 Å². The molecule has 0 saturated carbocycles. The van der Waals surface area contributed by atoms with Crippen LogP contribution in [0.3, 0.4) is 0 Å². The summed E-state index contributed by atoms with van der Waals surface area (Å²) in [5.74, 6) is -0.401. The molecule has 0 aromatic carbocycles. The molecule has 0 aliphatic rings. The monoisotopic (exact) mass is 409 g/mol. The van der Waals surface area contributed by atoms with E-state index < -0.39 is 14.0 Å². The third kappa shape index (κ3) is 6.12. The van der Waals surface area contributed by atoms with Crippen LogP contribution in [-0.2, 0) is 15.9 Å². The van der Waals surface area contributed by atoms with Gasteiger partial charge in [0.25, 0.3) is 0 Å². The first-order valence-corrected chi connectivity index (χ1v) is 12.8. The predicted octanol–water partition coefficient (Wildman–Crippen LogP) is 5.82. The average molecular weight is 410 g/mol. The molecule has 0 unspecified atom stereocenters. The zero-order chi connectivity index (χ0) is 20.6. The van der Waals surface area contributed by atoms with Crippen molar-refractivity contribution in [2.45, 2.75) is 70.7 Å². The first-order valence-electron chi connectivity index (χ1n) is 9.60. The summed E-state index contributed by atoms with van der Waals surface area (Å²) in [7, 11) is 1.53. The number of hydrogen-bond acceptors (Lipinski definition) is 5. The third-order valence-electron chi connectivity index (χ3n) is 5.45. The van der Waals surface area contributed by atoms with Crippen LogP contribution in [0.2, 0.25) is 16.6 Å². The molecule has 0 spiro atoms. The van der Waals surface area contributed by atoms with E-state index in [0.717, 1.165) is 5.01 Å². The number of ether oxygens (including phenoxy) is 2. The molecule has 0 saturated heterocycles. The molecular weight excluding hydrogens is 374 g/mol. The maximum atomic E-state index is 11.5. The fourth-order valence-corrected chi connectivity index (χ4v) is 10.4. The molecule has 1 aromatic rings. The van der Waals surface area contributed by atoms with E-state index >= 15 is 0 Å². The Hall–Kier alpha value is -1.24. The Labute approximate surface area is 169 Å². The fraction of sp³-hybridized carbons (Fsp3) is 0.619. The van der Waals surface area contributed by atoms with Crippen molar-refractivity contribution in [3.8, 4) is 0 Å². The molecule has 1 heterocycles. The molecular formula is C21H35NO3SSi. The van der Waals surface area contributed by atoms with Crippen molar-refractivity contribution in [1.82, 2.24) is 4.98 Å². The van der Waals surface area contributed by atoms with Crippen LogP contribution in [0.1, 0.15) is 57.0 Å². The topological polar surface area (TPSA) is 48.4 Å². The van der Waals surface area contributed by atoms with Crippen LogP contribution in [0.15, 0.2) is 29.3 Å². The zero-order valence-electron chi connectivity index (χ0n) is 18.0. The predicted molar refractivity (Wildman–Crippen MR) is 117 cm³/mol. The van der Waals surface area contributed by atoms with Crippen molar-refractivity contribution in [3.05, 3.63) is 40.0 Å². The van der Waals surface area contributed by atoms with Gasteiger partial charge in [-0.1, -0.05) is 65.5 Å². The van der Waals surface area contributed by atoms with Gasteiger partial charge in [0.2, 0.25) is 0 Å². The van der Waals surface area contributed by atoms with E-state index in [4.69, 9.17) is 9.47 Å². The highest BCUT2D eigenvalue weighted by Crippen LogP contribution is 2.42. The van der Waals surface area contributed by atoms with E-state index in [0.29, 0.717) is 28.7 Å². The summed E-state index contributed by atoms with van der Waals surface area (Å²) in [4.78, 5) is 15.8. The molecule has 0 N–H and O–H groups in total. The second-order valence-corrected chi connectivity index (χ2v) is 14.5. The molecule has 0 radical (unpaired) electrons. The van der Waals surface area contributed by atoms with Gasteiger partial charge in [0.05, 0.1) is 26.3 Å². The van der Waals surface area contributed by atoms with Gasteiger partial charge >= 0.3 is 5.97 Å². The minimum atomic E-state index is -1.53. The molecule has 0 aliphatic heterocycles. The number of carbonyl (C=O) groups excluding carboxylic acids is 1. The van der Waals surface area contributed by atoms with Gasteiger partial charge in [-0.25, -0.2) is 9.78 Å². The van der Waals surface area contributed by atoms with E-state index in [1.54, 1.807) is 12.5 Å². The van der Waals surface area contributed by atoms with Gasteiger partial charge in [-0.15, -0.1) is 11.3 Å². The Morgan fingerprint density at radius 2 is 1.70 bits per heavy atom.